The van der Waals surface area contributed by atoms with Gasteiger partial charge in [0, 0.05) is 12.6 Å². The van der Waals surface area contributed by atoms with E-state index in [2.05, 4.69) is 39.2 Å². The number of unbranched alkanes of at least 4 members (excludes halogenated alkanes) is 6. The van der Waals surface area contributed by atoms with Gasteiger partial charge in [-0.3, -0.25) is 4.79 Å². The summed E-state index contributed by atoms with van der Waals surface area (Å²) < 4.78 is 4.98. The van der Waals surface area contributed by atoms with E-state index >= 15 is 0 Å². The van der Waals surface area contributed by atoms with Crippen LogP contribution in [0.4, 0.5) is 0 Å². The minimum atomic E-state index is -0.310. The van der Waals surface area contributed by atoms with Crippen molar-refractivity contribution in [2.24, 2.45) is 5.92 Å². The molecule has 0 fully saturated rings. The van der Waals surface area contributed by atoms with Gasteiger partial charge in [-0.05, 0) is 24.8 Å². The van der Waals surface area contributed by atoms with Crippen LogP contribution in [0.15, 0.2) is 25.3 Å². The summed E-state index contributed by atoms with van der Waals surface area (Å²) in [5, 5.41) is 2.77. The molecule has 0 aliphatic heterocycles. The fourth-order valence-electron chi connectivity index (χ4n) is 2.35. The van der Waals surface area contributed by atoms with Crippen molar-refractivity contribution >= 4 is 11.9 Å². The molecule has 0 radical (unpaired) electrons. The average molecular weight is 368 g/mol. The molecule has 1 N–H and O–H groups in total. The molecule has 0 aromatic carbocycles. The lowest BCUT2D eigenvalue weighted by Crippen LogP contribution is -2.21. The minimum Gasteiger partial charge on any atom is -0.462 e. The monoisotopic (exact) mass is 367 g/mol. The van der Waals surface area contributed by atoms with Crippen molar-refractivity contribution < 1.29 is 14.3 Å². The third-order valence-electron chi connectivity index (χ3n) is 4.19. The zero-order valence-electron chi connectivity index (χ0n) is 17.4. The first-order chi connectivity index (χ1) is 12.5. The van der Waals surface area contributed by atoms with E-state index in [1.165, 1.54) is 57.1 Å². The largest absolute Gasteiger partial charge is 0.462 e. The van der Waals surface area contributed by atoms with Gasteiger partial charge in [0.05, 0.1) is 6.61 Å². The Balaban J connectivity index is 0. The summed E-state index contributed by atoms with van der Waals surface area (Å²) >= 11 is 0. The van der Waals surface area contributed by atoms with Crippen molar-refractivity contribution in [1.29, 1.82) is 0 Å². The van der Waals surface area contributed by atoms with Crippen LogP contribution in [-0.4, -0.2) is 25.0 Å². The summed E-state index contributed by atoms with van der Waals surface area (Å²) in [5.74, 6) is 0.146. The van der Waals surface area contributed by atoms with E-state index in [-0.39, 0.29) is 11.9 Å². The van der Waals surface area contributed by atoms with Crippen molar-refractivity contribution in [3.05, 3.63) is 25.3 Å². The molecule has 1 atom stereocenters. The molecule has 152 valence electrons. The topological polar surface area (TPSA) is 55.4 Å². The maximum absolute atomic E-state index is 10.8. The van der Waals surface area contributed by atoms with E-state index in [0.29, 0.717) is 12.5 Å². The molecule has 1 amide bonds. The van der Waals surface area contributed by atoms with Crippen LogP contribution in [0.1, 0.15) is 85.0 Å². The molecular weight excluding hydrogens is 326 g/mol. The normalized spacial score (nSPS) is 10.9. The van der Waals surface area contributed by atoms with Crippen molar-refractivity contribution in [1.82, 2.24) is 5.32 Å². The fourth-order valence-corrected chi connectivity index (χ4v) is 2.35. The summed E-state index contributed by atoms with van der Waals surface area (Å²) in [7, 11) is 0. The maximum atomic E-state index is 10.8. The smallest absolute Gasteiger partial charge is 0.330 e. The Kier molecular flexibility index (Phi) is 22.0. The van der Waals surface area contributed by atoms with Gasteiger partial charge < -0.3 is 10.1 Å². The minimum absolute atomic E-state index is 0.0615. The highest BCUT2D eigenvalue weighted by Crippen LogP contribution is 2.12. The zero-order valence-corrected chi connectivity index (χ0v) is 17.4. The molecule has 4 nitrogen and oxygen atoms in total. The molecule has 4 heteroatoms. The van der Waals surface area contributed by atoms with Gasteiger partial charge in [-0.2, -0.15) is 0 Å². The van der Waals surface area contributed by atoms with E-state index in [1.807, 2.05) is 0 Å². The summed E-state index contributed by atoms with van der Waals surface area (Å²) in [6.07, 6.45) is 14.7. The molecular formula is C22H41NO3. The Hall–Kier alpha value is -1.58. The van der Waals surface area contributed by atoms with Gasteiger partial charge in [-0.1, -0.05) is 85.3 Å². The Labute approximate surface area is 161 Å². The second kappa shape index (κ2) is 21.5. The summed E-state index contributed by atoms with van der Waals surface area (Å²) in [5.41, 5.74) is 0. The highest BCUT2D eigenvalue weighted by Gasteiger charge is 2.07. The standard InChI is InChI=1S/C11H21NO.C11H20O2/c1-3-5-6-7-8-9-10-12-11(13)4-2;1-4-7-8-10(5-2)9-13-11(12)6-3/h4H,2-3,5-10H2,1H3,(H,12,13);6,10H,3-5,7-9H2,1-2H3. The van der Waals surface area contributed by atoms with Crippen molar-refractivity contribution in [3.8, 4) is 0 Å². The van der Waals surface area contributed by atoms with Crippen LogP contribution in [0, 0.1) is 5.92 Å². The van der Waals surface area contributed by atoms with E-state index in [1.54, 1.807) is 0 Å². The van der Waals surface area contributed by atoms with Crippen LogP contribution in [0.3, 0.4) is 0 Å². The van der Waals surface area contributed by atoms with Crippen LogP contribution in [0.5, 0.6) is 0 Å². The lowest BCUT2D eigenvalue weighted by Gasteiger charge is -2.13. The first kappa shape index (κ1) is 26.6. The number of carbonyl (C=O) groups is 2. The molecule has 0 aromatic rings. The number of hydrogen-bond donors (Lipinski definition) is 1. The maximum Gasteiger partial charge on any atom is 0.330 e. The number of rotatable bonds is 15. The third-order valence-corrected chi connectivity index (χ3v) is 4.19. The molecule has 0 saturated carbocycles. The van der Waals surface area contributed by atoms with Crippen LogP contribution in [-0.2, 0) is 14.3 Å². The lowest BCUT2D eigenvalue weighted by atomic mass is 10.0. The van der Waals surface area contributed by atoms with Gasteiger partial charge in [-0.25, -0.2) is 4.79 Å². The van der Waals surface area contributed by atoms with Gasteiger partial charge >= 0.3 is 5.97 Å². The molecule has 0 aromatic heterocycles. The number of amides is 1. The number of hydrogen-bond acceptors (Lipinski definition) is 3. The van der Waals surface area contributed by atoms with Crippen LogP contribution < -0.4 is 5.32 Å². The molecule has 26 heavy (non-hydrogen) atoms. The molecule has 0 aliphatic carbocycles. The van der Waals surface area contributed by atoms with Crippen LogP contribution >= 0.6 is 0 Å². The van der Waals surface area contributed by atoms with Gasteiger partial charge in [-0.15, -0.1) is 0 Å². The number of nitrogens with one attached hydrogen (secondary N) is 1. The van der Waals surface area contributed by atoms with Crippen molar-refractivity contribution in [3.63, 3.8) is 0 Å². The predicted molar refractivity (Wildman–Crippen MR) is 111 cm³/mol. The predicted octanol–water partition coefficient (Wildman–Crippen LogP) is 5.58. The Morgan fingerprint density at radius 1 is 0.923 bits per heavy atom. The summed E-state index contributed by atoms with van der Waals surface area (Å²) in [6.45, 7) is 14.6. The quantitative estimate of drug-likeness (QED) is 0.233. The average Bonchev–Trinajstić information content (AvgIpc) is 2.67. The van der Waals surface area contributed by atoms with E-state index < -0.39 is 0 Å². The van der Waals surface area contributed by atoms with Gasteiger partial charge in [0.25, 0.3) is 0 Å². The first-order valence-corrected chi connectivity index (χ1v) is 10.2. The fraction of sp³-hybridized carbons (Fsp3) is 0.727. The lowest BCUT2D eigenvalue weighted by molar-refractivity contribution is -0.139. The summed E-state index contributed by atoms with van der Waals surface area (Å²) in [4.78, 5) is 21.5. The molecule has 0 aliphatic rings. The Bertz CT molecular complexity index is 366. The molecule has 0 heterocycles. The van der Waals surface area contributed by atoms with E-state index in [4.69, 9.17) is 4.74 Å². The molecule has 0 bridgehead atoms. The Morgan fingerprint density at radius 2 is 1.54 bits per heavy atom. The second-order valence-corrected chi connectivity index (χ2v) is 6.51. The number of esters is 1. The number of carbonyl (C=O) groups excluding carboxylic acids is 2. The Morgan fingerprint density at radius 3 is 2.08 bits per heavy atom. The van der Waals surface area contributed by atoms with Gasteiger partial charge in [0.2, 0.25) is 5.91 Å². The van der Waals surface area contributed by atoms with Crippen molar-refractivity contribution in [2.45, 2.75) is 85.0 Å². The second-order valence-electron chi connectivity index (χ2n) is 6.51. The van der Waals surface area contributed by atoms with E-state index in [0.717, 1.165) is 25.8 Å². The van der Waals surface area contributed by atoms with Gasteiger partial charge in [0.15, 0.2) is 0 Å². The summed E-state index contributed by atoms with van der Waals surface area (Å²) in [6, 6.07) is 0. The third kappa shape index (κ3) is 20.5. The first-order valence-electron chi connectivity index (χ1n) is 10.2. The SMILES string of the molecule is C=CC(=O)NCCCCCCCC.C=CC(=O)OCC(CC)CCCC. The zero-order chi connectivity index (χ0) is 20.0. The highest BCUT2D eigenvalue weighted by atomic mass is 16.5. The van der Waals surface area contributed by atoms with E-state index in [9.17, 15) is 9.59 Å². The van der Waals surface area contributed by atoms with Gasteiger partial charge in [0.1, 0.15) is 0 Å². The molecule has 1 unspecified atom stereocenters. The molecule has 0 rings (SSSR count). The molecule has 0 spiro atoms. The van der Waals surface area contributed by atoms with Crippen molar-refractivity contribution in [2.75, 3.05) is 13.2 Å². The van der Waals surface area contributed by atoms with Crippen LogP contribution in [0.25, 0.3) is 0 Å². The number of ether oxygens (including phenoxy) is 1. The highest BCUT2D eigenvalue weighted by molar-refractivity contribution is 5.86. The van der Waals surface area contributed by atoms with Crippen LogP contribution in [0.2, 0.25) is 0 Å². The molecule has 0 saturated heterocycles.